The molecule has 30 heavy (non-hydrogen) atoms. The van der Waals surface area contributed by atoms with E-state index in [4.69, 9.17) is 9.47 Å². The summed E-state index contributed by atoms with van der Waals surface area (Å²) in [4.78, 5) is 29.1. The summed E-state index contributed by atoms with van der Waals surface area (Å²) in [6.07, 6.45) is 0. The van der Waals surface area contributed by atoms with Gasteiger partial charge >= 0.3 is 0 Å². The number of aryl methyl sites for hydroxylation is 3. The fraction of sp³-hybridized carbons (Fsp3) is 0.227. The molecule has 0 atom stereocenters. The molecular formula is C22H21N3O4S. The van der Waals surface area contributed by atoms with Crippen molar-refractivity contribution in [2.45, 2.75) is 20.8 Å². The van der Waals surface area contributed by atoms with Gasteiger partial charge in [-0.15, -0.1) is 11.3 Å². The summed E-state index contributed by atoms with van der Waals surface area (Å²) in [5.74, 6) is 0.405. The van der Waals surface area contributed by atoms with Crippen molar-refractivity contribution in [1.82, 2.24) is 10.3 Å². The molecule has 4 rings (SSSR count). The van der Waals surface area contributed by atoms with E-state index < -0.39 is 0 Å². The lowest BCUT2D eigenvalue weighted by Gasteiger charge is -2.08. The summed E-state index contributed by atoms with van der Waals surface area (Å²) >= 11 is 1.35. The van der Waals surface area contributed by atoms with E-state index in [0.717, 1.165) is 16.8 Å². The molecule has 0 unspecified atom stereocenters. The highest BCUT2D eigenvalue weighted by atomic mass is 32.1. The molecular weight excluding hydrogens is 402 g/mol. The number of nitrogens with zero attached hydrogens (tertiary/aromatic N) is 1. The second-order valence-corrected chi connectivity index (χ2v) is 7.95. The van der Waals surface area contributed by atoms with Gasteiger partial charge in [0.15, 0.2) is 16.6 Å². The van der Waals surface area contributed by atoms with Crippen LogP contribution in [0.25, 0.3) is 11.3 Å². The Morgan fingerprint density at radius 3 is 2.63 bits per heavy atom. The molecule has 3 aromatic rings. The molecule has 0 bridgehead atoms. The second kappa shape index (κ2) is 8.16. The Hall–Kier alpha value is -3.39. The number of thiazole rings is 1. The summed E-state index contributed by atoms with van der Waals surface area (Å²) in [6.45, 7) is 6.17. The van der Waals surface area contributed by atoms with Crippen molar-refractivity contribution in [3.63, 3.8) is 0 Å². The molecule has 2 N–H and O–H groups in total. The maximum absolute atomic E-state index is 12.3. The minimum atomic E-state index is -0.367. The Morgan fingerprint density at radius 2 is 1.80 bits per heavy atom. The van der Waals surface area contributed by atoms with E-state index in [0.29, 0.717) is 22.2 Å². The predicted molar refractivity (Wildman–Crippen MR) is 115 cm³/mol. The molecule has 1 aromatic heterocycles. The van der Waals surface area contributed by atoms with Crippen LogP contribution in [-0.2, 0) is 4.79 Å². The van der Waals surface area contributed by atoms with E-state index in [1.165, 1.54) is 22.5 Å². The lowest BCUT2D eigenvalue weighted by atomic mass is 9.99. The van der Waals surface area contributed by atoms with Gasteiger partial charge in [0.2, 0.25) is 12.7 Å². The molecule has 1 aliphatic rings. The number of hydrogen-bond donors (Lipinski definition) is 2. The molecule has 2 amide bonds. The third-order valence-electron chi connectivity index (χ3n) is 4.91. The first-order valence-corrected chi connectivity index (χ1v) is 10.3. The van der Waals surface area contributed by atoms with Gasteiger partial charge in [0.1, 0.15) is 0 Å². The number of carbonyl (C=O) groups excluding carboxylic acids is 2. The van der Waals surface area contributed by atoms with Crippen molar-refractivity contribution in [1.29, 1.82) is 0 Å². The number of fused-ring (bicyclic) bond motifs is 1. The van der Waals surface area contributed by atoms with E-state index in [1.54, 1.807) is 18.2 Å². The zero-order valence-corrected chi connectivity index (χ0v) is 17.7. The van der Waals surface area contributed by atoms with Crippen molar-refractivity contribution in [3.05, 3.63) is 58.0 Å². The Kier molecular flexibility index (Phi) is 5.41. The van der Waals surface area contributed by atoms with E-state index in [-0.39, 0.29) is 25.2 Å². The third kappa shape index (κ3) is 4.13. The van der Waals surface area contributed by atoms with Crippen LogP contribution < -0.4 is 20.1 Å². The summed E-state index contributed by atoms with van der Waals surface area (Å²) in [5.41, 5.74) is 5.83. The average Bonchev–Trinajstić information content (AvgIpc) is 3.37. The highest BCUT2D eigenvalue weighted by Crippen LogP contribution is 2.32. The smallest absolute Gasteiger partial charge is 0.251 e. The van der Waals surface area contributed by atoms with Gasteiger partial charge in [-0.05, 0) is 61.7 Å². The van der Waals surface area contributed by atoms with Crippen LogP contribution in [0.2, 0.25) is 0 Å². The Bertz CT molecular complexity index is 1140. The molecule has 0 saturated carbocycles. The molecule has 0 fully saturated rings. The predicted octanol–water partition coefficient (Wildman–Crippen LogP) is 3.83. The molecule has 0 saturated heterocycles. The van der Waals surface area contributed by atoms with Crippen molar-refractivity contribution in [2.75, 3.05) is 18.7 Å². The summed E-state index contributed by atoms with van der Waals surface area (Å²) < 4.78 is 10.5. The van der Waals surface area contributed by atoms with Gasteiger partial charge in [-0.1, -0.05) is 6.07 Å². The minimum Gasteiger partial charge on any atom is -0.454 e. The van der Waals surface area contributed by atoms with Crippen LogP contribution in [-0.4, -0.2) is 30.1 Å². The fourth-order valence-electron chi connectivity index (χ4n) is 3.16. The van der Waals surface area contributed by atoms with E-state index in [9.17, 15) is 9.59 Å². The SMILES string of the molecule is Cc1cc(C)c(-c2csc(NC(=O)CNC(=O)c3ccc4c(c3)OCO4)n2)cc1C. The topological polar surface area (TPSA) is 89.6 Å². The average molecular weight is 423 g/mol. The molecule has 1 aliphatic heterocycles. The first kappa shape index (κ1) is 19.9. The van der Waals surface area contributed by atoms with Crippen molar-refractivity contribution < 1.29 is 19.1 Å². The highest BCUT2D eigenvalue weighted by Gasteiger charge is 2.17. The number of carbonyl (C=O) groups is 2. The fourth-order valence-corrected chi connectivity index (χ4v) is 3.88. The lowest BCUT2D eigenvalue weighted by molar-refractivity contribution is -0.115. The highest BCUT2D eigenvalue weighted by molar-refractivity contribution is 7.14. The van der Waals surface area contributed by atoms with E-state index >= 15 is 0 Å². The van der Waals surface area contributed by atoms with Crippen LogP contribution >= 0.6 is 11.3 Å². The minimum absolute atomic E-state index is 0.139. The number of ether oxygens (including phenoxy) is 2. The first-order chi connectivity index (χ1) is 14.4. The van der Waals surface area contributed by atoms with Crippen LogP contribution in [0.15, 0.2) is 35.7 Å². The van der Waals surface area contributed by atoms with Gasteiger partial charge in [0, 0.05) is 16.5 Å². The molecule has 0 radical (unpaired) electrons. The molecule has 2 aromatic carbocycles. The molecule has 0 spiro atoms. The number of rotatable bonds is 5. The largest absolute Gasteiger partial charge is 0.454 e. The molecule has 2 heterocycles. The zero-order valence-electron chi connectivity index (χ0n) is 16.9. The number of anilines is 1. The van der Waals surface area contributed by atoms with Crippen LogP contribution in [0.4, 0.5) is 5.13 Å². The van der Waals surface area contributed by atoms with Gasteiger partial charge in [-0.3, -0.25) is 9.59 Å². The van der Waals surface area contributed by atoms with Gasteiger partial charge in [-0.25, -0.2) is 4.98 Å². The number of benzene rings is 2. The normalized spacial score (nSPS) is 12.0. The monoisotopic (exact) mass is 423 g/mol. The number of aromatic nitrogens is 1. The summed E-state index contributed by atoms with van der Waals surface area (Å²) in [6, 6.07) is 9.13. The van der Waals surface area contributed by atoms with E-state index in [2.05, 4.69) is 41.6 Å². The van der Waals surface area contributed by atoms with Crippen molar-refractivity contribution in [2.24, 2.45) is 0 Å². The van der Waals surface area contributed by atoms with Gasteiger partial charge in [0.25, 0.3) is 5.91 Å². The number of amides is 2. The van der Waals surface area contributed by atoms with Crippen molar-refractivity contribution >= 4 is 28.3 Å². The Balaban J connectivity index is 1.36. The first-order valence-electron chi connectivity index (χ1n) is 9.42. The lowest BCUT2D eigenvalue weighted by Crippen LogP contribution is -2.32. The van der Waals surface area contributed by atoms with Crippen molar-refractivity contribution in [3.8, 4) is 22.8 Å². The van der Waals surface area contributed by atoms with Gasteiger partial charge in [-0.2, -0.15) is 0 Å². The Labute approximate surface area is 178 Å². The standard InChI is InChI=1S/C22H21N3O4S/c1-12-6-14(3)16(7-13(12)2)17-10-30-22(24-17)25-20(26)9-23-21(27)15-4-5-18-19(8-15)29-11-28-18/h4-8,10H,9,11H2,1-3H3,(H,23,27)(H,24,25,26). The zero-order chi connectivity index (χ0) is 21.3. The van der Waals surface area contributed by atoms with Gasteiger partial charge in [0.05, 0.1) is 12.2 Å². The maximum atomic E-state index is 12.3. The number of hydrogen-bond acceptors (Lipinski definition) is 6. The van der Waals surface area contributed by atoms with Crippen LogP contribution in [0, 0.1) is 20.8 Å². The molecule has 8 heteroatoms. The summed E-state index contributed by atoms with van der Waals surface area (Å²) in [7, 11) is 0. The molecule has 154 valence electrons. The molecule has 7 nitrogen and oxygen atoms in total. The van der Waals surface area contributed by atoms with Crippen LogP contribution in [0.5, 0.6) is 11.5 Å². The second-order valence-electron chi connectivity index (χ2n) is 7.09. The number of nitrogens with one attached hydrogen (secondary N) is 2. The van der Waals surface area contributed by atoms with E-state index in [1.807, 2.05) is 12.3 Å². The third-order valence-corrected chi connectivity index (χ3v) is 5.67. The molecule has 0 aliphatic carbocycles. The summed E-state index contributed by atoms with van der Waals surface area (Å²) in [5, 5.41) is 7.74. The van der Waals surface area contributed by atoms with Gasteiger partial charge < -0.3 is 20.1 Å². The van der Waals surface area contributed by atoms with Crippen LogP contribution in [0.3, 0.4) is 0 Å². The quantitative estimate of drug-likeness (QED) is 0.651. The maximum Gasteiger partial charge on any atom is 0.251 e. The Morgan fingerprint density at radius 1 is 1.03 bits per heavy atom. The van der Waals surface area contributed by atoms with Crippen LogP contribution in [0.1, 0.15) is 27.0 Å².